The van der Waals surface area contributed by atoms with E-state index in [1.165, 1.54) is 18.4 Å². The van der Waals surface area contributed by atoms with Gasteiger partial charge in [0.2, 0.25) is 0 Å². The SMILES string of the molecule is CCCCc1ccc(C(O)c2ccc(Br)s2)cc1. The van der Waals surface area contributed by atoms with Crippen molar-refractivity contribution in [2.75, 3.05) is 0 Å². The second-order valence-electron chi connectivity index (χ2n) is 4.39. The van der Waals surface area contributed by atoms with E-state index in [2.05, 4.69) is 35.0 Å². The Balaban J connectivity index is 2.09. The second kappa shape index (κ2) is 6.50. The molecule has 0 radical (unpaired) electrons. The fourth-order valence-corrected chi connectivity index (χ4v) is 3.32. The first-order chi connectivity index (χ1) is 8.70. The maximum atomic E-state index is 10.3. The molecule has 0 bridgehead atoms. The third kappa shape index (κ3) is 3.44. The first-order valence-electron chi connectivity index (χ1n) is 6.23. The lowest BCUT2D eigenvalue weighted by atomic mass is 10.0. The zero-order valence-electron chi connectivity index (χ0n) is 10.4. The van der Waals surface area contributed by atoms with Gasteiger partial charge in [0, 0.05) is 4.88 Å². The van der Waals surface area contributed by atoms with Crippen LogP contribution in [0.2, 0.25) is 0 Å². The van der Waals surface area contributed by atoms with Gasteiger partial charge in [-0.2, -0.15) is 0 Å². The highest BCUT2D eigenvalue weighted by Crippen LogP contribution is 2.31. The number of aliphatic hydroxyl groups excluding tert-OH is 1. The van der Waals surface area contributed by atoms with Crippen LogP contribution >= 0.6 is 27.3 Å². The van der Waals surface area contributed by atoms with Gasteiger partial charge in [0.25, 0.3) is 0 Å². The molecule has 0 saturated heterocycles. The van der Waals surface area contributed by atoms with Crippen LogP contribution < -0.4 is 0 Å². The van der Waals surface area contributed by atoms with Crippen molar-refractivity contribution >= 4 is 27.3 Å². The minimum Gasteiger partial charge on any atom is -0.383 e. The van der Waals surface area contributed by atoms with Gasteiger partial charge in [-0.1, -0.05) is 37.6 Å². The van der Waals surface area contributed by atoms with Gasteiger partial charge in [-0.15, -0.1) is 11.3 Å². The third-order valence-electron chi connectivity index (χ3n) is 2.98. The molecule has 1 atom stereocenters. The quantitative estimate of drug-likeness (QED) is 0.826. The van der Waals surface area contributed by atoms with Crippen molar-refractivity contribution in [2.24, 2.45) is 0 Å². The number of unbranched alkanes of at least 4 members (excludes halogenated alkanes) is 1. The summed E-state index contributed by atoms with van der Waals surface area (Å²) in [7, 11) is 0. The van der Waals surface area contributed by atoms with Crippen LogP contribution in [-0.4, -0.2) is 5.11 Å². The average Bonchev–Trinajstić information content (AvgIpc) is 2.83. The standard InChI is InChI=1S/C15H17BrOS/c1-2-3-4-11-5-7-12(8-6-11)15(17)13-9-10-14(16)18-13/h5-10,15,17H,2-4H2,1H3. The molecular formula is C15H17BrOS. The largest absolute Gasteiger partial charge is 0.383 e. The predicted molar refractivity (Wildman–Crippen MR) is 81.1 cm³/mol. The Hall–Kier alpha value is -0.640. The smallest absolute Gasteiger partial charge is 0.113 e. The van der Waals surface area contributed by atoms with E-state index in [0.717, 1.165) is 20.6 Å². The van der Waals surface area contributed by atoms with Gasteiger partial charge in [0.1, 0.15) is 6.10 Å². The molecule has 0 aliphatic heterocycles. The van der Waals surface area contributed by atoms with Crippen LogP contribution in [-0.2, 0) is 6.42 Å². The van der Waals surface area contributed by atoms with Crippen LogP contribution in [0.4, 0.5) is 0 Å². The van der Waals surface area contributed by atoms with Crippen LogP contribution in [0.25, 0.3) is 0 Å². The van der Waals surface area contributed by atoms with Gasteiger partial charge in [0.15, 0.2) is 0 Å². The Bertz CT molecular complexity index is 489. The molecule has 1 nitrogen and oxygen atoms in total. The lowest BCUT2D eigenvalue weighted by molar-refractivity contribution is 0.224. The molecule has 2 aromatic rings. The van der Waals surface area contributed by atoms with Crippen molar-refractivity contribution in [1.82, 2.24) is 0 Å². The van der Waals surface area contributed by atoms with E-state index in [-0.39, 0.29) is 0 Å². The molecule has 18 heavy (non-hydrogen) atoms. The van der Waals surface area contributed by atoms with Crippen molar-refractivity contribution < 1.29 is 5.11 Å². The van der Waals surface area contributed by atoms with Crippen molar-refractivity contribution in [3.8, 4) is 0 Å². The Morgan fingerprint density at radius 1 is 1.17 bits per heavy atom. The lowest BCUT2D eigenvalue weighted by Crippen LogP contribution is -1.97. The van der Waals surface area contributed by atoms with Crippen molar-refractivity contribution in [3.63, 3.8) is 0 Å². The molecule has 0 saturated carbocycles. The highest BCUT2D eigenvalue weighted by molar-refractivity contribution is 9.11. The van der Waals surface area contributed by atoms with Crippen molar-refractivity contribution in [2.45, 2.75) is 32.3 Å². The Morgan fingerprint density at radius 3 is 2.44 bits per heavy atom. The molecular weight excluding hydrogens is 308 g/mol. The van der Waals surface area contributed by atoms with Gasteiger partial charge >= 0.3 is 0 Å². The summed E-state index contributed by atoms with van der Waals surface area (Å²) in [4.78, 5) is 0.975. The van der Waals surface area contributed by atoms with Crippen LogP contribution in [0.1, 0.15) is 41.9 Å². The molecule has 0 spiro atoms. The van der Waals surface area contributed by atoms with Crippen molar-refractivity contribution in [1.29, 1.82) is 0 Å². The van der Waals surface area contributed by atoms with Gasteiger partial charge in [-0.05, 0) is 52.0 Å². The Morgan fingerprint density at radius 2 is 1.89 bits per heavy atom. The number of halogens is 1. The van der Waals surface area contributed by atoms with E-state index in [0.29, 0.717) is 0 Å². The molecule has 1 N–H and O–H groups in total. The molecule has 0 aliphatic carbocycles. The fraction of sp³-hybridized carbons (Fsp3) is 0.333. The number of aliphatic hydroxyl groups is 1. The van der Waals surface area contributed by atoms with Crippen LogP contribution in [0.3, 0.4) is 0 Å². The maximum Gasteiger partial charge on any atom is 0.113 e. The summed E-state index contributed by atoms with van der Waals surface area (Å²) in [5.74, 6) is 0. The van der Waals surface area contributed by atoms with Crippen LogP contribution in [0, 0.1) is 0 Å². The van der Waals surface area contributed by atoms with Crippen LogP contribution in [0.15, 0.2) is 40.2 Å². The first kappa shape index (κ1) is 13.8. The van der Waals surface area contributed by atoms with Crippen molar-refractivity contribution in [3.05, 3.63) is 56.2 Å². The number of benzene rings is 1. The zero-order chi connectivity index (χ0) is 13.0. The monoisotopic (exact) mass is 324 g/mol. The highest BCUT2D eigenvalue weighted by Gasteiger charge is 2.12. The molecule has 0 aliphatic rings. The van der Waals surface area contributed by atoms with E-state index in [1.807, 2.05) is 24.3 Å². The molecule has 3 heteroatoms. The topological polar surface area (TPSA) is 20.2 Å². The first-order valence-corrected chi connectivity index (χ1v) is 7.83. The molecule has 1 aromatic carbocycles. The second-order valence-corrected chi connectivity index (χ2v) is 6.88. The molecule has 2 rings (SSSR count). The van der Waals surface area contributed by atoms with Crippen LogP contribution in [0.5, 0.6) is 0 Å². The predicted octanol–water partition coefficient (Wildman–Crippen LogP) is 4.93. The Kier molecular flexibility index (Phi) is 4.98. The number of rotatable bonds is 5. The minimum atomic E-state index is -0.512. The third-order valence-corrected chi connectivity index (χ3v) is 4.65. The summed E-state index contributed by atoms with van der Waals surface area (Å²) >= 11 is 5.00. The molecule has 1 aromatic heterocycles. The van der Waals surface area contributed by atoms with E-state index in [1.54, 1.807) is 11.3 Å². The molecule has 0 fully saturated rings. The number of thiophene rings is 1. The Labute approximate surface area is 121 Å². The summed E-state index contributed by atoms with van der Waals surface area (Å²) in [5.41, 5.74) is 2.31. The molecule has 0 amide bonds. The molecule has 1 unspecified atom stereocenters. The van der Waals surface area contributed by atoms with Gasteiger partial charge in [-0.25, -0.2) is 0 Å². The molecule has 1 heterocycles. The molecule has 96 valence electrons. The van der Waals surface area contributed by atoms with Gasteiger partial charge in [0.05, 0.1) is 3.79 Å². The highest BCUT2D eigenvalue weighted by atomic mass is 79.9. The summed E-state index contributed by atoms with van der Waals surface area (Å²) in [6.07, 6.45) is 3.05. The number of aryl methyl sites for hydroxylation is 1. The van der Waals surface area contributed by atoms with Gasteiger partial charge < -0.3 is 5.11 Å². The summed E-state index contributed by atoms with van der Waals surface area (Å²) in [6.45, 7) is 2.20. The van der Waals surface area contributed by atoms with E-state index in [4.69, 9.17) is 0 Å². The summed E-state index contributed by atoms with van der Waals surface area (Å²) < 4.78 is 1.05. The fourth-order valence-electron chi connectivity index (χ4n) is 1.89. The van der Waals surface area contributed by atoms with Gasteiger partial charge in [-0.3, -0.25) is 0 Å². The minimum absolute atomic E-state index is 0.512. The van der Waals surface area contributed by atoms with E-state index < -0.39 is 6.10 Å². The summed E-state index contributed by atoms with van der Waals surface area (Å²) in [6, 6.07) is 12.2. The zero-order valence-corrected chi connectivity index (χ0v) is 12.8. The van der Waals surface area contributed by atoms with E-state index in [9.17, 15) is 5.11 Å². The lowest BCUT2D eigenvalue weighted by Gasteiger charge is -2.09. The summed E-state index contributed by atoms with van der Waals surface area (Å²) in [5, 5.41) is 10.3. The number of hydrogen-bond donors (Lipinski definition) is 1. The normalized spacial score (nSPS) is 12.6. The average molecular weight is 325 g/mol. The number of hydrogen-bond acceptors (Lipinski definition) is 2. The maximum absolute atomic E-state index is 10.3. The van der Waals surface area contributed by atoms with E-state index >= 15 is 0 Å².